The van der Waals surface area contributed by atoms with Gasteiger partial charge in [-0.15, -0.1) is 0 Å². The summed E-state index contributed by atoms with van der Waals surface area (Å²) in [7, 11) is 0. The van der Waals surface area contributed by atoms with Gasteiger partial charge in [-0.1, -0.05) is 18.7 Å². The van der Waals surface area contributed by atoms with E-state index in [-0.39, 0.29) is 24.3 Å². The highest BCUT2D eigenvalue weighted by Crippen LogP contribution is 2.30. The van der Waals surface area contributed by atoms with Gasteiger partial charge in [-0.25, -0.2) is 9.97 Å². The first-order chi connectivity index (χ1) is 19.6. The number of nitrogens with one attached hydrogen (secondary N) is 3. The van der Waals surface area contributed by atoms with Crippen molar-refractivity contribution in [2.24, 2.45) is 0 Å². The van der Waals surface area contributed by atoms with Crippen molar-refractivity contribution in [1.82, 2.24) is 25.3 Å². The van der Waals surface area contributed by atoms with Gasteiger partial charge in [0.15, 0.2) is 0 Å². The van der Waals surface area contributed by atoms with Crippen LogP contribution in [-0.2, 0) is 20.7 Å². The van der Waals surface area contributed by atoms with Crippen molar-refractivity contribution in [2.75, 3.05) is 54.5 Å². The molecule has 1 aromatic carbocycles. The summed E-state index contributed by atoms with van der Waals surface area (Å²) in [6, 6.07) is 13.7. The standard InChI is InChI=1S/C29H30N8O3/c1-2-26(38)34-22-16-37(17-22)23-7-8-30-21(13-23)14-27(39)33-20-5-3-19(4-6-20)25-15-24-28(35-25)31-18-32-29(24)36-9-11-40-12-10-36/h2-8,13,15,18,22H,1,9-12,14,16-17H2,(H,33,39)(H,34,38)(H,31,32,35). The third-order valence-corrected chi connectivity index (χ3v) is 7.12. The SMILES string of the molecule is C=CC(=O)NC1CN(c2ccnc(CC(=O)Nc3ccc(-c4cc5c(N6CCOCC6)ncnc5[nH]4)cc3)c2)C1. The van der Waals surface area contributed by atoms with Gasteiger partial charge in [-0.2, -0.15) is 0 Å². The van der Waals surface area contributed by atoms with E-state index in [1.807, 2.05) is 36.4 Å². The Kier molecular flexibility index (Phi) is 7.11. The number of pyridine rings is 1. The van der Waals surface area contributed by atoms with Crippen LogP contribution < -0.4 is 20.4 Å². The zero-order chi connectivity index (χ0) is 27.5. The molecule has 4 aromatic rings. The third-order valence-electron chi connectivity index (χ3n) is 7.12. The van der Waals surface area contributed by atoms with Crippen molar-refractivity contribution in [3.63, 3.8) is 0 Å². The molecule has 40 heavy (non-hydrogen) atoms. The maximum atomic E-state index is 12.8. The van der Waals surface area contributed by atoms with E-state index in [2.05, 4.69) is 53.0 Å². The molecular weight excluding hydrogens is 508 g/mol. The molecule has 0 spiro atoms. The normalized spacial score (nSPS) is 15.5. The molecule has 2 amide bonds. The number of hydrogen-bond acceptors (Lipinski definition) is 8. The predicted octanol–water partition coefficient (Wildman–Crippen LogP) is 2.53. The number of hydrogen-bond donors (Lipinski definition) is 3. The lowest BCUT2D eigenvalue weighted by atomic mass is 10.1. The Bertz CT molecular complexity index is 1540. The lowest BCUT2D eigenvalue weighted by Gasteiger charge is -2.41. The first-order valence-electron chi connectivity index (χ1n) is 13.3. The number of anilines is 3. The van der Waals surface area contributed by atoms with E-state index in [9.17, 15) is 9.59 Å². The van der Waals surface area contributed by atoms with E-state index >= 15 is 0 Å². The molecule has 5 heterocycles. The minimum Gasteiger partial charge on any atom is -0.378 e. The van der Waals surface area contributed by atoms with Crippen LogP contribution in [0.2, 0.25) is 0 Å². The van der Waals surface area contributed by atoms with Gasteiger partial charge in [0, 0.05) is 49.4 Å². The number of ether oxygens (including phenoxy) is 1. The number of fused-ring (bicyclic) bond motifs is 1. The summed E-state index contributed by atoms with van der Waals surface area (Å²) >= 11 is 0. The van der Waals surface area contributed by atoms with Gasteiger partial charge in [0.25, 0.3) is 0 Å². The molecule has 0 bridgehead atoms. The van der Waals surface area contributed by atoms with Crippen molar-refractivity contribution in [3.05, 3.63) is 73.3 Å². The Balaban J connectivity index is 1.07. The number of aromatic nitrogens is 4. The zero-order valence-electron chi connectivity index (χ0n) is 22.0. The van der Waals surface area contributed by atoms with Crippen LogP contribution in [-0.4, -0.2) is 77.2 Å². The molecule has 2 aliphatic rings. The van der Waals surface area contributed by atoms with Crippen LogP contribution in [0.15, 0.2) is 67.6 Å². The molecule has 0 radical (unpaired) electrons. The topological polar surface area (TPSA) is 128 Å². The van der Waals surface area contributed by atoms with Gasteiger partial charge in [0.1, 0.15) is 17.8 Å². The Morgan fingerprint density at radius 1 is 1.05 bits per heavy atom. The summed E-state index contributed by atoms with van der Waals surface area (Å²) in [4.78, 5) is 45.3. The number of nitrogens with zero attached hydrogens (tertiary/aromatic N) is 5. The Morgan fingerprint density at radius 2 is 1.85 bits per heavy atom. The van der Waals surface area contributed by atoms with Crippen LogP contribution in [0.25, 0.3) is 22.3 Å². The average Bonchev–Trinajstić information content (AvgIpc) is 3.40. The Labute approximate surface area is 231 Å². The molecule has 0 aliphatic carbocycles. The van der Waals surface area contributed by atoms with Gasteiger partial charge in [-0.05, 0) is 42.0 Å². The van der Waals surface area contributed by atoms with Crippen LogP contribution in [0.4, 0.5) is 17.2 Å². The van der Waals surface area contributed by atoms with E-state index < -0.39 is 0 Å². The molecule has 3 aromatic heterocycles. The summed E-state index contributed by atoms with van der Waals surface area (Å²) in [5.74, 6) is 0.595. The van der Waals surface area contributed by atoms with Crippen LogP contribution in [0, 0.1) is 0 Å². The fourth-order valence-electron chi connectivity index (χ4n) is 5.01. The Hall–Kier alpha value is -4.77. The summed E-state index contributed by atoms with van der Waals surface area (Å²) in [6.45, 7) is 7.87. The second-order valence-electron chi connectivity index (χ2n) is 9.86. The average molecular weight is 539 g/mol. The molecule has 204 valence electrons. The number of aromatic amines is 1. The van der Waals surface area contributed by atoms with Crippen LogP contribution >= 0.6 is 0 Å². The molecule has 2 fully saturated rings. The van der Waals surface area contributed by atoms with Crippen LogP contribution in [0.1, 0.15) is 5.69 Å². The summed E-state index contributed by atoms with van der Waals surface area (Å²) in [5, 5.41) is 6.82. The highest BCUT2D eigenvalue weighted by atomic mass is 16.5. The number of H-pyrrole nitrogens is 1. The molecule has 3 N–H and O–H groups in total. The number of rotatable bonds is 8. The lowest BCUT2D eigenvalue weighted by molar-refractivity contribution is -0.117. The highest BCUT2D eigenvalue weighted by molar-refractivity contribution is 5.94. The fourth-order valence-corrected chi connectivity index (χ4v) is 5.01. The minimum atomic E-state index is -0.168. The fraction of sp³-hybridized carbons (Fsp3) is 0.276. The van der Waals surface area contributed by atoms with E-state index in [4.69, 9.17) is 4.74 Å². The van der Waals surface area contributed by atoms with Crippen LogP contribution in [0.5, 0.6) is 0 Å². The van der Waals surface area contributed by atoms with Crippen molar-refractivity contribution in [2.45, 2.75) is 12.5 Å². The molecular formula is C29H30N8O3. The monoisotopic (exact) mass is 538 g/mol. The highest BCUT2D eigenvalue weighted by Gasteiger charge is 2.28. The van der Waals surface area contributed by atoms with E-state index in [1.165, 1.54) is 6.08 Å². The quantitative estimate of drug-likeness (QED) is 0.292. The first-order valence-corrected chi connectivity index (χ1v) is 13.3. The summed E-state index contributed by atoms with van der Waals surface area (Å²) in [6.07, 6.45) is 4.72. The molecule has 0 unspecified atom stereocenters. The summed E-state index contributed by atoms with van der Waals surface area (Å²) in [5.41, 5.74) is 5.07. The number of benzene rings is 1. The number of morpholine rings is 1. The van der Waals surface area contributed by atoms with Crippen molar-refractivity contribution in [1.29, 1.82) is 0 Å². The molecule has 6 rings (SSSR count). The van der Waals surface area contributed by atoms with Crippen LogP contribution in [0.3, 0.4) is 0 Å². The largest absolute Gasteiger partial charge is 0.378 e. The molecule has 0 atom stereocenters. The smallest absolute Gasteiger partial charge is 0.243 e. The second-order valence-corrected chi connectivity index (χ2v) is 9.86. The maximum absolute atomic E-state index is 12.8. The second kappa shape index (κ2) is 11.1. The van der Waals surface area contributed by atoms with Crippen molar-refractivity contribution < 1.29 is 14.3 Å². The van der Waals surface area contributed by atoms with E-state index in [0.29, 0.717) is 37.7 Å². The predicted molar refractivity (Wildman–Crippen MR) is 153 cm³/mol. The molecule has 2 saturated heterocycles. The van der Waals surface area contributed by atoms with Crippen molar-refractivity contribution >= 4 is 40.0 Å². The van der Waals surface area contributed by atoms with Gasteiger partial charge < -0.3 is 30.2 Å². The van der Waals surface area contributed by atoms with Gasteiger partial charge in [0.2, 0.25) is 11.8 Å². The summed E-state index contributed by atoms with van der Waals surface area (Å²) < 4.78 is 5.48. The zero-order valence-corrected chi connectivity index (χ0v) is 22.0. The Morgan fingerprint density at radius 3 is 2.62 bits per heavy atom. The number of carbonyl (C=O) groups excluding carboxylic acids is 2. The van der Waals surface area contributed by atoms with E-state index in [1.54, 1.807) is 12.5 Å². The molecule has 11 nitrogen and oxygen atoms in total. The maximum Gasteiger partial charge on any atom is 0.243 e. The third kappa shape index (κ3) is 5.50. The van der Waals surface area contributed by atoms with E-state index in [0.717, 1.165) is 46.9 Å². The van der Waals surface area contributed by atoms with Crippen molar-refractivity contribution in [3.8, 4) is 11.3 Å². The minimum absolute atomic E-state index is 0.0949. The molecule has 0 saturated carbocycles. The molecule has 11 heteroatoms. The first kappa shape index (κ1) is 25.5. The number of carbonyl (C=O) groups is 2. The lowest BCUT2D eigenvalue weighted by Crippen LogP contribution is -2.59. The van der Waals surface area contributed by atoms with Gasteiger partial charge in [-0.3, -0.25) is 14.6 Å². The molecule has 2 aliphatic heterocycles. The van der Waals surface area contributed by atoms with Gasteiger partial charge in [0.05, 0.1) is 36.8 Å². The van der Waals surface area contributed by atoms with Gasteiger partial charge >= 0.3 is 0 Å². The number of amides is 2.